The van der Waals surface area contributed by atoms with Gasteiger partial charge in [-0.3, -0.25) is 4.79 Å². The van der Waals surface area contributed by atoms with E-state index in [9.17, 15) is 9.59 Å². The molecule has 2 rings (SSSR count). The summed E-state index contributed by atoms with van der Waals surface area (Å²) in [5, 5.41) is 2.52. The van der Waals surface area contributed by atoms with E-state index in [0.29, 0.717) is 32.4 Å². The highest BCUT2D eigenvalue weighted by molar-refractivity contribution is 6.73. The van der Waals surface area contributed by atoms with Gasteiger partial charge >= 0.3 is 14.7 Å². The van der Waals surface area contributed by atoms with Crippen LogP contribution in [0, 0.1) is 0 Å². The molecular weight excluding hydrogens is 426 g/mol. The molecule has 0 radical (unpaired) electrons. The fraction of sp³-hybridized carbons (Fsp3) is 0.833. The molecule has 7 nitrogen and oxygen atoms in total. The highest BCUT2D eigenvalue weighted by atomic mass is 28.4. The minimum Gasteiger partial charge on any atom is -0.444 e. The Kier molecular flexibility index (Phi) is 8.40. The molecule has 0 unspecified atom stereocenters. The number of hydrogen-bond acceptors (Lipinski definition) is 6. The Morgan fingerprint density at radius 3 is 2.22 bits per heavy atom. The van der Waals surface area contributed by atoms with E-state index >= 15 is 0 Å². The second-order valence-corrected chi connectivity index (χ2v) is 16.6. The van der Waals surface area contributed by atoms with Crippen molar-refractivity contribution in [3.8, 4) is 0 Å². The SMILES string of the molecule is CC(C)(C)OC(=O)NCCCC(=O)C[C@H]1C=C[C@@H]2O[Si](C(C)(C)C)(C(C)(C)C)OC[C@H]2O1. The Balaban J connectivity index is 1.83. The minimum absolute atomic E-state index is 0.0792. The fourth-order valence-electron chi connectivity index (χ4n) is 4.52. The topological polar surface area (TPSA) is 83.1 Å². The van der Waals surface area contributed by atoms with Crippen molar-refractivity contribution in [2.75, 3.05) is 13.2 Å². The number of rotatable bonds is 6. The van der Waals surface area contributed by atoms with Crippen LogP contribution >= 0.6 is 0 Å². The molecule has 1 N–H and O–H groups in total. The normalized spacial score (nSPS) is 25.7. The first-order valence-corrected chi connectivity index (χ1v) is 13.5. The molecule has 32 heavy (non-hydrogen) atoms. The Morgan fingerprint density at radius 2 is 1.66 bits per heavy atom. The van der Waals surface area contributed by atoms with Crippen molar-refractivity contribution in [3.63, 3.8) is 0 Å². The van der Waals surface area contributed by atoms with Crippen LogP contribution in [0.3, 0.4) is 0 Å². The molecule has 0 aromatic heterocycles. The van der Waals surface area contributed by atoms with Gasteiger partial charge in [-0.1, -0.05) is 53.7 Å². The second kappa shape index (κ2) is 9.95. The number of amides is 1. The number of fused-ring (bicyclic) bond motifs is 1. The third-order valence-corrected chi connectivity index (χ3v) is 10.8. The second-order valence-electron chi connectivity index (χ2n) is 11.9. The average molecular weight is 470 g/mol. The van der Waals surface area contributed by atoms with E-state index in [0.717, 1.165) is 0 Å². The fourth-order valence-corrected chi connectivity index (χ4v) is 9.43. The summed E-state index contributed by atoms with van der Waals surface area (Å²) in [6.07, 6.45) is 4.20. The number of alkyl carbamates (subject to hydrolysis) is 1. The first-order chi connectivity index (χ1) is 14.5. The molecule has 0 spiro atoms. The molecule has 2 heterocycles. The van der Waals surface area contributed by atoms with Gasteiger partial charge in [-0.25, -0.2) is 4.79 Å². The lowest BCUT2D eigenvalue weighted by atomic mass is 10.0. The molecule has 3 atom stereocenters. The zero-order chi connectivity index (χ0) is 24.4. The zero-order valence-corrected chi connectivity index (χ0v) is 22.4. The molecule has 0 aliphatic carbocycles. The monoisotopic (exact) mass is 469 g/mol. The number of ketones is 1. The van der Waals surface area contributed by atoms with Crippen LogP contribution in [0.15, 0.2) is 12.2 Å². The molecule has 8 heteroatoms. The molecule has 2 aliphatic rings. The van der Waals surface area contributed by atoms with Gasteiger partial charge in [-0.15, -0.1) is 0 Å². The first-order valence-electron chi connectivity index (χ1n) is 11.7. The van der Waals surface area contributed by atoms with Gasteiger partial charge in [0, 0.05) is 29.5 Å². The molecule has 1 fully saturated rings. The zero-order valence-electron chi connectivity index (χ0n) is 21.4. The van der Waals surface area contributed by atoms with Crippen LogP contribution in [-0.4, -0.2) is 57.5 Å². The molecule has 184 valence electrons. The molecule has 0 aromatic rings. The summed E-state index contributed by atoms with van der Waals surface area (Å²) < 4.78 is 24.5. The quantitative estimate of drug-likeness (QED) is 0.334. The Labute approximate surface area is 194 Å². The maximum atomic E-state index is 12.4. The van der Waals surface area contributed by atoms with Crippen LogP contribution in [0.4, 0.5) is 4.79 Å². The Hall–Kier alpha value is -1.22. The summed E-state index contributed by atoms with van der Waals surface area (Å²) in [5.41, 5.74) is -0.531. The van der Waals surface area contributed by atoms with Gasteiger partial charge < -0.3 is 23.6 Å². The first kappa shape index (κ1) is 27.0. The van der Waals surface area contributed by atoms with E-state index in [-0.39, 0.29) is 34.2 Å². The number of nitrogens with one attached hydrogen (secondary N) is 1. The van der Waals surface area contributed by atoms with E-state index in [1.807, 2.05) is 26.8 Å². The standard InChI is InChI=1S/C24H43NO6Si/c1-22(2,3)30-21(27)25-14-10-11-17(26)15-18-12-13-19-20(29-18)16-28-32(31-19,23(4,5)6)24(7,8)9/h12-13,18-20H,10-11,14-16H2,1-9H3,(H,25,27)/t18-,19+,20-/m1/s1. The largest absolute Gasteiger partial charge is 0.444 e. The predicted molar refractivity (Wildman–Crippen MR) is 127 cm³/mol. The van der Waals surface area contributed by atoms with Crippen molar-refractivity contribution in [1.29, 1.82) is 0 Å². The molecule has 2 aliphatic heterocycles. The van der Waals surface area contributed by atoms with Crippen LogP contribution in [0.1, 0.15) is 81.6 Å². The van der Waals surface area contributed by atoms with E-state index in [4.69, 9.17) is 18.3 Å². The highest BCUT2D eigenvalue weighted by Crippen LogP contribution is 2.54. The van der Waals surface area contributed by atoms with Crippen molar-refractivity contribution >= 4 is 20.4 Å². The van der Waals surface area contributed by atoms with Crippen molar-refractivity contribution in [2.24, 2.45) is 0 Å². The minimum atomic E-state index is -2.54. The summed E-state index contributed by atoms with van der Waals surface area (Å²) in [5.74, 6) is 0.106. The van der Waals surface area contributed by atoms with Crippen LogP contribution in [-0.2, 0) is 23.1 Å². The lowest BCUT2D eigenvalue weighted by Crippen LogP contribution is -2.65. The summed E-state index contributed by atoms with van der Waals surface area (Å²) in [6, 6.07) is 0. The van der Waals surface area contributed by atoms with Crippen molar-refractivity contribution in [2.45, 2.75) is 116 Å². The van der Waals surface area contributed by atoms with Crippen LogP contribution in [0.2, 0.25) is 10.1 Å². The average Bonchev–Trinajstić information content (AvgIpc) is 2.61. The molecular formula is C24H43NO6Si. The van der Waals surface area contributed by atoms with Crippen molar-refractivity contribution < 1.29 is 27.9 Å². The van der Waals surface area contributed by atoms with Gasteiger partial charge in [-0.2, -0.15) is 0 Å². The van der Waals surface area contributed by atoms with Gasteiger partial charge in [-0.05, 0) is 27.2 Å². The molecule has 1 saturated heterocycles. The lowest BCUT2D eigenvalue weighted by Gasteiger charge is -2.55. The van der Waals surface area contributed by atoms with Crippen molar-refractivity contribution in [1.82, 2.24) is 5.32 Å². The number of hydrogen-bond donors (Lipinski definition) is 1. The maximum Gasteiger partial charge on any atom is 0.407 e. The number of carbonyl (C=O) groups excluding carboxylic acids is 2. The van der Waals surface area contributed by atoms with Crippen LogP contribution in [0.5, 0.6) is 0 Å². The van der Waals surface area contributed by atoms with Crippen LogP contribution in [0.25, 0.3) is 0 Å². The molecule has 1 amide bonds. The van der Waals surface area contributed by atoms with Crippen LogP contribution < -0.4 is 5.32 Å². The lowest BCUT2D eigenvalue weighted by molar-refractivity contribution is -0.132. The number of Topliss-reactive ketones (excluding diaryl/α,β-unsaturated/α-hetero) is 1. The summed E-state index contributed by atoms with van der Waals surface area (Å²) in [4.78, 5) is 24.1. The number of carbonyl (C=O) groups is 2. The molecule has 0 saturated carbocycles. The Morgan fingerprint density at radius 1 is 1.03 bits per heavy atom. The predicted octanol–water partition coefficient (Wildman–Crippen LogP) is 5.03. The Bertz CT molecular complexity index is 687. The summed E-state index contributed by atoms with van der Waals surface area (Å²) in [6.45, 7) is 19.5. The summed E-state index contributed by atoms with van der Waals surface area (Å²) >= 11 is 0. The van der Waals surface area contributed by atoms with Gasteiger partial charge in [0.05, 0.1) is 18.8 Å². The van der Waals surface area contributed by atoms with E-state index in [1.165, 1.54) is 0 Å². The van der Waals surface area contributed by atoms with Gasteiger partial charge in [0.25, 0.3) is 0 Å². The third kappa shape index (κ3) is 6.89. The molecule has 0 bridgehead atoms. The molecule has 0 aromatic carbocycles. The van der Waals surface area contributed by atoms with Gasteiger partial charge in [0.15, 0.2) is 0 Å². The van der Waals surface area contributed by atoms with E-state index in [1.54, 1.807) is 0 Å². The number of ether oxygens (including phenoxy) is 2. The maximum absolute atomic E-state index is 12.4. The van der Waals surface area contributed by atoms with Gasteiger partial charge in [0.1, 0.15) is 17.5 Å². The highest BCUT2D eigenvalue weighted by Gasteiger charge is 2.62. The van der Waals surface area contributed by atoms with Crippen molar-refractivity contribution in [3.05, 3.63) is 12.2 Å². The van der Waals surface area contributed by atoms with E-state index in [2.05, 4.69) is 52.9 Å². The van der Waals surface area contributed by atoms with E-state index < -0.39 is 20.3 Å². The van der Waals surface area contributed by atoms with Gasteiger partial charge in [0.2, 0.25) is 0 Å². The summed E-state index contributed by atoms with van der Waals surface area (Å²) in [7, 11) is -2.54. The smallest absolute Gasteiger partial charge is 0.407 e. The third-order valence-electron chi connectivity index (χ3n) is 5.69.